The molecule has 0 spiro atoms. The number of phenols is 1. The summed E-state index contributed by atoms with van der Waals surface area (Å²) >= 11 is 0. The van der Waals surface area contributed by atoms with E-state index in [0.29, 0.717) is 12.0 Å². The van der Waals surface area contributed by atoms with Crippen molar-refractivity contribution in [3.8, 4) is 5.75 Å². The number of aromatic hydroxyl groups is 1. The molecule has 156 valence electrons. The summed E-state index contributed by atoms with van der Waals surface area (Å²) in [6, 6.07) is 20.3. The summed E-state index contributed by atoms with van der Waals surface area (Å²) in [6.07, 6.45) is 2.92. The minimum atomic E-state index is -3.56. The molecule has 0 saturated carbocycles. The number of hydrazone groups is 1. The van der Waals surface area contributed by atoms with Gasteiger partial charge in [-0.2, -0.15) is 9.41 Å². The van der Waals surface area contributed by atoms with Crippen LogP contribution in [-0.2, 0) is 21.2 Å². The van der Waals surface area contributed by atoms with Crippen LogP contribution >= 0.6 is 0 Å². The van der Waals surface area contributed by atoms with Crippen molar-refractivity contribution < 1.29 is 18.3 Å². The molecule has 8 heteroatoms. The number of rotatable bonds is 8. The zero-order chi connectivity index (χ0) is 21.6. The van der Waals surface area contributed by atoms with Crippen LogP contribution in [0.15, 0.2) is 71.8 Å². The van der Waals surface area contributed by atoms with Gasteiger partial charge >= 0.3 is 0 Å². The van der Waals surface area contributed by atoms with Gasteiger partial charge in [0.15, 0.2) is 0 Å². The van der Waals surface area contributed by atoms with Gasteiger partial charge in [-0.15, -0.1) is 0 Å². The molecule has 2 N–H and O–H groups in total. The molecule has 0 fully saturated rings. The number of fused-ring (bicyclic) bond motifs is 1. The molecule has 30 heavy (non-hydrogen) atoms. The van der Waals surface area contributed by atoms with Crippen molar-refractivity contribution in [2.45, 2.75) is 6.42 Å². The highest BCUT2D eigenvalue weighted by Crippen LogP contribution is 2.25. The van der Waals surface area contributed by atoms with Crippen molar-refractivity contribution in [3.63, 3.8) is 0 Å². The van der Waals surface area contributed by atoms with Crippen LogP contribution in [0, 0.1) is 0 Å². The lowest BCUT2D eigenvalue weighted by Crippen LogP contribution is -2.40. The van der Waals surface area contributed by atoms with Crippen LogP contribution in [0.25, 0.3) is 10.8 Å². The molecule has 0 aliphatic rings. The summed E-state index contributed by atoms with van der Waals surface area (Å²) in [4.78, 5) is 12.3. The Kier molecular flexibility index (Phi) is 6.81. The number of amides is 1. The number of sulfonamides is 1. The maximum atomic E-state index is 12.3. The summed E-state index contributed by atoms with van der Waals surface area (Å²) < 4.78 is 25.2. The lowest BCUT2D eigenvalue weighted by Gasteiger charge is -2.18. The Balaban J connectivity index is 1.65. The average Bonchev–Trinajstić information content (AvgIpc) is 2.72. The van der Waals surface area contributed by atoms with Crippen LogP contribution in [0.1, 0.15) is 11.1 Å². The van der Waals surface area contributed by atoms with Crippen molar-refractivity contribution in [1.82, 2.24) is 9.73 Å². The van der Waals surface area contributed by atoms with E-state index in [4.69, 9.17) is 0 Å². The van der Waals surface area contributed by atoms with Crippen molar-refractivity contribution >= 4 is 32.9 Å². The third kappa shape index (κ3) is 5.65. The van der Waals surface area contributed by atoms with Gasteiger partial charge in [0.05, 0.1) is 19.0 Å². The molecular weight excluding hydrogens is 402 g/mol. The largest absolute Gasteiger partial charge is 0.507 e. The van der Waals surface area contributed by atoms with E-state index in [1.54, 1.807) is 12.1 Å². The first kappa shape index (κ1) is 21.5. The highest BCUT2D eigenvalue weighted by atomic mass is 32.2. The first-order valence-corrected chi connectivity index (χ1v) is 11.2. The second-order valence-corrected chi connectivity index (χ2v) is 8.83. The van der Waals surface area contributed by atoms with Crippen LogP contribution in [0.4, 0.5) is 0 Å². The van der Waals surface area contributed by atoms with Gasteiger partial charge in [-0.3, -0.25) is 4.79 Å². The Hall–Kier alpha value is -3.23. The van der Waals surface area contributed by atoms with Gasteiger partial charge < -0.3 is 5.11 Å². The molecule has 0 aliphatic heterocycles. The Bertz CT molecular complexity index is 1160. The summed E-state index contributed by atoms with van der Waals surface area (Å²) in [5.41, 5.74) is 3.79. The molecular formula is C22H23N3O4S. The van der Waals surface area contributed by atoms with Gasteiger partial charge in [0.1, 0.15) is 5.75 Å². The second kappa shape index (κ2) is 9.51. The molecule has 0 aromatic heterocycles. The predicted molar refractivity (Wildman–Crippen MR) is 118 cm³/mol. The molecule has 0 bridgehead atoms. The highest BCUT2D eigenvalue weighted by molar-refractivity contribution is 7.88. The zero-order valence-electron chi connectivity index (χ0n) is 16.5. The molecule has 7 nitrogen and oxygen atoms in total. The Labute approximate surface area is 175 Å². The molecule has 3 aromatic carbocycles. The molecule has 0 heterocycles. The third-order valence-electron chi connectivity index (χ3n) is 4.61. The fourth-order valence-electron chi connectivity index (χ4n) is 3.04. The molecule has 3 aromatic rings. The van der Waals surface area contributed by atoms with Crippen LogP contribution in [-0.4, -0.2) is 49.3 Å². The fraction of sp³-hybridized carbons (Fsp3) is 0.182. The van der Waals surface area contributed by atoms with Gasteiger partial charge in [-0.05, 0) is 28.8 Å². The molecule has 0 radical (unpaired) electrons. The van der Waals surface area contributed by atoms with Gasteiger partial charge in [0, 0.05) is 12.1 Å². The number of benzene rings is 3. The maximum absolute atomic E-state index is 12.3. The Morgan fingerprint density at radius 2 is 1.77 bits per heavy atom. The number of hydrogen-bond donors (Lipinski definition) is 2. The van der Waals surface area contributed by atoms with Crippen molar-refractivity contribution in [2.75, 3.05) is 19.3 Å². The van der Waals surface area contributed by atoms with E-state index in [2.05, 4.69) is 10.5 Å². The smallest absolute Gasteiger partial charge is 0.255 e. The standard InChI is InChI=1S/C22H23N3O4S/c1-30(28,29)25(14-13-17-7-3-2-4-8-17)16-22(27)24-23-15-20-19-10-6-5-9-18(19)11-12-21(20)26/h2-12,15,26H,13-14,16H2,1H3,(H,24,27). The number of carbonyl (C=O) groups is 1. The topological polar surface area (TPSA) is 99.1 Å². The van der Waals surface area contributed by atoms with Crippen LogP contribution in [0.3, 0.4) is 0 Å². The molecule has 1 amide bonds. The first-order chi connectivity index (χ1) is 14.3. The number of nitrogens with one attached hydrogen (secondary N) is 1. The molecule has 0 saturated heterocycles. The van der Waals surface area contributed by atoms with Crippen LogP contribution in [0.2, 0.25) is 0 Å². The van der Waals surface area contributed by atoms with Gasteiger partial charge in [0.2, 0.25) is 10.0 Å². The molecule has 0 aliphatic carbocycles. The van der Waals surface area contributed by atoms with Gasteiger partial charge in [-0.1, -0.05) is 60.7 Å². The number of phenolic OH excluding ortho intramolecular Hbond substituents is 1. The number of hydrogen-bond acceptors (Lipinski definition) is 5. The lowest BCUT2D eigenvalue weighted by atomic mass is 10.0. The van der Waals surface area contributed by atoms with Crippen molar-refractivity contribution in [2.24, 2.45) is 5.10 Å². The highest BCUT2D eigenvalue weighted by Gasteiger charge is 2.19. The normalized spacial score (nSPS) is 11.9. The predicted octanol–water partition coefficient (Wildman–Crippen LogP) is 2.50. The monoisotopic (exact) mass is 425 g/mol. The van der Waals surface area contributed by atoms with Crippen LogP contribution < -0.4 is 5.43 Å². The maximum Gasteiger partial charge on any atom is 0.255 e. The van der Waals surface area contributed by atoms with E-state index < -0.39 is 15.9 Å². The van der Waals surface area contributed by atoms with Crippen LogP contribution in [0.5, 0.6) is 5.75 Å². The Morgan fingerprint density at radius 1 is 1.07 bits per heavy atom. The number of nitrogens with zero attached hydrogens (tertiary/aromatic N) is 2. The molecule has 3 rings (SSSR count). The molecule has 0 unspecified atom stereocenters. The van der Waals surface area contributed by atoms with Gasteiger partial charge in [0.25, 0.3) is 5.91 Å². The van der Waals surface area contributed by atoms with E-state index in [-0.39, 0.29) is 18.8 Å². The second-order valence-electron chi connectivity index (χ2n) is 6.84. The summed E-state index contributed by atoms with van der Waals surface area (Å²) in [5.74, 6) is -0.531. The van der Waals surface area contributed by atoms with E-state index in [0.717, 1.165) is 26.9 Å². The van der Waals surface area contributed by atoms with E-state index >= 15 is 0 Å². The van der Waals surface area contributed by atoms with E-state index in [9.17, 15) is 18.3 Å². The summed E-state index contributed by atoms with van der Waals surface area (Å²) in [6.45, 7) is -0.158. The quantitative estimate of drug-likeness (QED) is 0.428. The van der Waals surface area contributed by atoms with E-state index in [1.807, 2.05) is 54.6 Å². The molecule has 0 atom stereocenters. The van der Waals surface area contributed by atoms with Gasteiger partial charge in [-0.25, -0.2) is 13.8 Å². The SMILES string of the molecule is CS(=O)(=O)N(CCc1ccccc1)CC(=O)NN=Cc1c(O)ccc2ccccc12. The summed E-state index contributed by atoms with van der Waals surface area (Å²) in [5, 5.41) is 15.7. The van der Waals surface area contributed by atoms with Crippen molar-refractivity contribution in [3.05, 3.63) is 77.9 Å². The lowest BCUT2D eigenvalue weighted by molar-refractivity contribution is -0.121. The summed E-state index contributed by atoms with van der Waals surface area (Å²) in [7, 11) is -3.56. The Morgan fingerprint density at radius 3 is 2.50 bits per heavy atom. The van der Waals surface area contributed by atoms with E-state index in [1.165, 1.54) is 6.21 Å². The minimum Gasteiger partial charge on any atom is -0.507 e. The minimum absolute atomic E-state index is 0.0346. The first-order valence-electron chi connectivity index (χ1n) is 9.36. The average molecular weight is 426 g/mol. The third-order valence-corrected chi connectivity index (χ3v) is 5.86. The van der Waals surface area contributed by atoms with Crippen molar-refractivity contribution in [1.29, 1.82) is 0 Å². The number of carbonyl (C=O) groups excluding carboxylic acids is 1. The zero-order valence-corrected chi connectivity index (χ0v) is 17.3. The fourth-order valence-corrected chi connectivity index (χ4v) is 3.82.